The van der Waals surface area contributed by atoms with Crippen LogP contribution in [0.1, 0.15) is 15.2 Å². The average molecular weight is 396 g/mol. The maximum absolute atomic E-state index is 12.5. The number of aromatic nitrogens is 2. The highest BCUT2D eigenvalue weighted by Gasteiger charge is 2.18. The number of hydrogen-bond acceptors (Lipinski definition) is 6. The Labute approximate surface area is 163 Å². The fourth-order valence-corrected chi connectivity index (χ4v) is 3.54. The molecule has 2 heterocycles. The Kier molecular flexibility index (Phi) is 5.15. The largest absolute Gasteiger partial charge is 0.465 e. The number of aryl methyl sites for hydroxylation is 2. The molecule has 1 aromatic carbocycles. The van der Waals surface area contributed by atoms with E-state index in [2.05, 4.69) is 10.1 Å². The highest BCUT2D eigenvalue weighted by Crippen LogP contribution is 2.24. The third-order valence-electron chi connectivity index (χ3n) is 4.26. The maximum atomic E-state index is 12.5. The fourth-order valence-electron chi connectivity index (χ4n) is 2.78. The first-order valence-electron chi connectivity index (χ1n) is 8.11. The molecule has 1 amide bonds. The summed E-state index contributed by atoms with van der Waals surface area (Å²) < 4.78 is 7.69. The van der Waals surface area contributed by atoms with Gasteiger partial charge in [-0.05, 0) is 35.2 Å². The van der Waals surface area contributed by atoms with Crippen LogP contribution < -0.4 is 11.0 Å². The molecule has 0 unspecified atom stereocenters. The minimum Gasteiger partial charge on any atom is -0.465 e. The molecule has 0 bridgehead atoms. The van der Waals surface area contributed by atoms with Crippen LogP contribution in [-0.2, 0) is 23.6 Å². The summed E-state index contributed by atoms with van der Waals surface area (Å²) in [6, 6.07) is 8.63. The maximum Gasteiger partial charge on any atom is 0.350 e. The van der Waals surface area contributed by atoms with Crippen LogP contribution >= 0.6 is 11.3 Å². The Balaban J connectivity index is 1.93. The molecule has 9 heteroatoms. The van der Waals surface area contributed by atoms with Crippen LogP contribution in [0.2, 0.25) is 0 Å². The van der Waals surface area contributed by atoms with E-state index in [9.17, 15) is 19.6 Å². The van der Waals surface area contributed by atoms with E-state index < -0.39 is 11.9 Å². The van der Waals surface area contributed by atoms with Crippen LogP contribution in [-0.4, -0.2) is 28.1 Å². The molecule has 3 rings (SSSR count). The van der Waals surface area contributed by atoms with Crippen LogP contribution in [0.25, 0.3) is 17.1 Å². The second kappa shape index (κ2) is 7.54. The van der Waals surface area contributed by atoms with Crippen LogP contribution in [0.4, 0.5) is 5.69 Å². The number of fused-ring (bicyclic) bond motifs is 1. The van der Waals surface area contributed by atoms with Gasteiger partial charge >= 0.3 is 11.7 Å². The monoisotopic (exact) mass is 396 g/mol. The smallest absolute Gasteiger partial charge is 0.350 e. The van der Waals surface area contributed by atoms with Crippen molar-refractivity contribution in [2.75, 3.05) is 12.4 Å². The van der Waals surface area contributed by atoms with Gasteiger partial charge in [0.15, 0.2) is 0 Å². The summed E-state index contributed by atoms with van der Waals surface area (Å²) in [5, 5.41) is 13.6. The summed E-state index contributed by atoms with van der Waals surface area (Å²) in [5.41, 5.74) is 2.01. The molecule has 2 aromatic heterocycles. The third-order valence-corrected chi connectivity index (χ3v) is 5.15. The topological polar surface area (TPSA) is 106 Å². The lowest BCUT2D eigenvalue weighted by Crippen LogP contribution is -2.19. The van der Waals surface area contributed by atoms with Crippen molar-refractivity contribution in [3.63, 3.8) is 0 Å². The fraction of sp³-hybridized carbons (Fsp3) is 0.158. The number of nitriles is 1. The predicted octanol–water partition coefficient (Wildman–Crippen LogP) is 2.27. The van der Waals surface area contributed by atoms with E-state index in [0.29, 0.717) is 11.1 Å². The summed E-state index contributed by atoms with van der Waals surface area (Å²) in [6.07, 6.45) is 1.43. The molecule has 28 heavy (non-hydrogen) atoms. The van der Waals surface area contributed by atoms with Crippen LogP contribution in [0.15, 0.2) is 40.0 Å². The average Bonchev–Trinajstić information content (AvgIpc) is 3.24. The summed E-state index contributed by atoms with van der Waals surface area (Å²) in [4.78, 5) is 36.5. The van der Waals surface area contributed by atoms with E-state index >= 15 is 0 Å². The van der Waals surface area contributed by atoms with E-state index in [0.717, 1.165) is 16.9 Å². The first-order chi connectivity index (χ1) is 13.4. The van der Waals surface area contributed by atoms with Crippen molar-refractivity contribution in [1.82, 2.24) is 9.13 Å². The number of ether oxygens (including phenoxy) is 1. The Morgan fingerprint density at radius 3 is 2.61 bits per heavy atom. The molecule has 0 aliphatic carbocycles. The highest BCUT2D eigenvalue weighted by molar-refractivity contribution is 7.12. The molecular weight excluding hydrogens is 380 g/mol. The number of esters is 1. The van der Waals surface area contributed by atoms with E-state index in [1.54, 1.807) is 43.7 Å². The second-order valence-corrected chi connectivity index (χ2v) is 6.84. The second-order valence-electron chi connectivity index (χ2n) is 5.93. The minimum absolute atomic E-state index is 0.137. The predicted molar refractivity (Wildman–Crippen MR) is 106 cm³/mol. The molecule has 0 radical (unpaired) electrons. The number of thiophene rings is 1. The van der Waals surface area contributed by atoms with Crippen molar-refractivity contribution in [1.29, 1.82) is 5.26 Å². The number of carbonyl (C=O) groups is 2. The van der Waals surface area contributed by atoms with Gasteiger partial charge in [-0.3, -0.25) is 13.9 Å². The zero-order chi connectivity index (χ0) is 20.4. The van der Waals surface area contributed by atoms with E-state index in [4.69, 9.17) is 0 Å². The van der Waals surface area contributed by atoms with E-state index in [1.807, 2.05) is 6.07 Å². The molecule has 142 valence electrons. The van der Waals surface area contributed by atoms with Crippen molar-refractivity contribution in [3.05, 3.63) is 56.1 Å². The summed E-state index contributed by atoms with van der Waals surface area (Å²) in [7, 11) is 4.58. The van der Waals surface area contributed by atoms with Gasteiger partial charge in [0.25, 0.3) is 5.91 Å². The summed E-state index contributed by atoms with van der Waals surface area (Å²) >= 11 is 1.13. The van der Waals surface area contributed by atoms with Gasteiger partial charge in [0.05, 0.1) is 23.8 Å². The number of imidazole rings is 1. The van der Waals surface area contributed by atoms with E-state index in [1.165, 1.54) is 22.3 Å². The molecule has 0 saturated heterocycles. The van der Waals surface area contributed by atoms with Crippen molar-refractivity contribution in [2.24, 2.45) is 14.1 Å². The number of nitrogens with zero attached hydrogens (tertiary/aromatic N) is 3. The Bertz CT molecular complexity index is 1220. The molecule has 0 aliphatic heterocycles. The van der Waals surface area contributed by atoms with Gasteiger partial charge in [-0.15, -0.1) is 11.3 Å². The third kappa shape index (κ3) is 3.33. The van der Waals surface area contributed by atoms with Gasteiger partial charge in [0.1, 0.15) is 16.5 Å². The van der Waals surface area contributed by atoms with Crippen molar-refractivity contribution in [2.45, 2.75) is 0 Å². The number of anilines is 1. The number of carbonyl (C=O) groups excluding carboxylic acids is 2. The van der Waals surface area contributed by atoms with Gasteiger partial charge < -0.3 is 10.1 Å². The lowest BCUT2D eigenvalue weighted by atomic mass is 10.1. The summed E-state index contributed by atoms with van der Waals surface area (Å²) in [5.74, 6) is -1.21. The Hall–Kier alpha value is -3.64. The molecular formula is C19H16N4O4S. The van der Waals surface area contributed by atoms with Crippen LogP contribution in [0.3, 0.4) is 0 Å². The van der Waals surface area contributed by atoms with Gasteiger partial charge in [-0.25, -0.2) is 9.59 Å². The molecule has 0 spiro atoms. The number of rotatable bonds is 4. The molecule has 0 fully saturated rings. The molecule has 1 N–H and O–H groups in total. The molecule has 0 saturated carbocycles. The first kappa shape index (κ1) is 19.1. The lowest BCUT2D eigenvalue weighted by molar-refractivity contribution is -0.112. The lowest BCUT2D eigenvalue weighted by Gasteiger charge is -2.05. The zero-order valence-electron chi connectivity index (χ0n) is 15.3. The van der Waals surface area contributed by atoms with Crippen LogP contribution in [0, 0.1) is 11.3 Å². The summed E-state index contributed by atoms with van der Waals surface area (Å²) in [6.45, 7) is 0. The zero-order valence-corrected chi connectivity index (χ0v) is 16.2. The molecule has 0 atom stereocenters. The van der Waals surface area contributed by atoms with Gasteiger partial charge in [0.2, 0.25) is 0 Å². The van der Waals surface area contributed by atoms with Crippen molar-refractivity contribution < 1.29 is 14.3 Å². The SMILES string of the molecule is COC(=O)c1sccc1NC(=O)C(C#N)=Cc1ccc2c(c1)n(C)c(=O)n2C. The van der Waals surface area contributed by atoms with Crippen LogP contribution in [0.5, 0.6) is 0 Å². The normalized spacial score (nSPS) is 11.3. The quantitative estimate of drug-likeness (QED) is 0.414. The minimum atomic E-state index is -0.645. The molecule has 3 aromatic rings. The number of benzene rings is 1. The molecule has 0 aliphatic rings. The number of amides is 1. The standard InChI is InChI=1S/C19H16N4O4S/c1-22-14-5-4-11(9-15(14)23(2)19(22)26)8-12(10-20)17(24)21-13-6-7-28-16(13)18(25)27-3/h4-9H,1-3H3,(H,21,24). The number of methoxy groups -OCH3 is 1. The highest BCUT2D eigenvalue weighted by atomic mass is 32.1. The Morgan fingerprint density at radius 1 is 1.21 bits per heavy atom. The number of nitrogens with one attached hydrogen (secondary N) is 1. The molecule has 8 nitrogen and oxygen atoms in total. The number of hydrogen-bond donors (Lipinski definition) is 1. The van der Waals surface area contributed by atoms with Gasteiger partial charge in [-0.2, -0.15) is 5.26 Å². The van der Waals surface area contributed by atoms with Gasteiger partial charge in [-0.1, -0.05) is 6.07 Å². The van der Waals surface area contributed by atoms with Crippen molar-refractivity contribution >= 4 is 46.0 Å². The Morgan fingerprint density at radius 2 is 1.93 bits per heavy atom. The van der Waals surface area contributed by atoms with Crippen molar-refractivity contribution in [3.8, 4) is 6.07 Å². The first-order valence-corrected chi connectivity index (χ1v) is 8.99. The van der Waals surface area contributed by atoms with E-state index in [-0.39, 0.29) is 21.8 Å². The van der Waals surface area contributed by atoms with Gasteiger partial charge in [0, 0.05) is 14.1 Å².